The Bertz CT molecular complexity index is 1590. The first-order valence-corrected chi connectivity index (χ1v) is 15.9. The van der Waals surface area contributed by atoms with Gasteiger partial charge in [-0.1, -0.05) is 24.3 Å². The number of aliphatic hydroxyl groups is 1. The van der Waals surface area contributed by atoms with Crippen molar-refractivity contribution in [2.24, 2.45) is 5.73 Å². The third-order valence-electron chi connectivity index (χ3n) is 7.30. The highest BCUT2D eigenvalue weighted by molar-refractivity contribution is 7.62. The third-order valence-corrected chi connectivity index (χ3v) is 10.4. The quantitative estimate of drug-likeness (QED) is 0.131. The minimum absolute atomic E-state index is 0.150. The van der Waals surface area contributed by atoms with Crippen molar-refractivity contribution >= 4 is 44.7 Å². The average molecular weight is 602 g/mol. The molecule has 41 heavy (non-hydrogen) atoms. The summed E-state index contributed by atoms with van der Waals surface area (Å²) >= 11 is 0. The monoisotopic (exact) mass is 601 g/mol. The van der Waals surface area contributed by atoms with Crippen molar-refractivity contribution in [3.05, 3.63) is 66.0 Å². The summed E-state index contributed by atoms with van der Waals surface area (Å²) in [5, 5.41) is 24.1. The lowest BCUT2D eigenvalue weighted by Gasteiger charge is -2.27. The summed E-state index contributed by atoms with van der Waals surface area (Å²) in [7, 11) is -7.29. The maximum Gasteiger partial charge on any atom is 0.368 e. The molecule has 1 saturated carbocycles. The van der Waals surface area contributed by atoms with Gasteiger partial charge >= 0.3 is 7.60 Å². The highest BCUT2D eigenvalue weighted by atomic mass is 31.2. The predicted molar refractivity (Wildman–Crippen MR) is 157 cm³/mol. The van der Waals surface area contributed by atoms with Gasteiger partial charge in [-0.25, -0.2) is 4.98 Å². The van der Waals surface area contributed by atoms with E-state index in [2.05, 4.69) is 20.6 Å². The van der Waals surface area contributed by atoms with Gasteiger partial charge in [-0.3, -0.25) is 4.57 Å². The van der Waals surface area contributed by atoms with E-state index in [1.165, 1.54) is 24.3 Å². The summed E-state index contributed by atoms with van der Waals surface area (Å²) < 4.78 is 25.3. The Hall–Kier alpha value is -3.31. The summed E-state index contributed by atoms with van der Waals surface area (Å²) in [5.41, 5.74) is 8.50. The van der Waals surface area contributed by atoms with Crippen molar-refractivity contribution in [1.29, 1.82) is 0 Å². The average Bonchev–Trinajstić information content (AvgIpc) is 3.35. The van der Waals surface area contributed by atoms with Crippen LogP contribution in [0.25, 0.3) is 11.2 Å². The molecule has 0 bridgehead atoms. The second-order valence-electron chi connectivity index (χ2n) is 10.3. The van der Waals surface area contributed by atoms with Crippen LogP contribution in [0.5, 0.6) is 5.75 Å². The summed E-state index contributed by atoms with van der Waals surface area (Å²) in [4.78, 5) is 33.1. The van der Waals surface area contributed by atoms with Crippen molar-refractivity contribution < 1.29 is 29.1 Å². The molecule has 13 nitrogen and oxygen atoms in total. The molecule has 4 aromatic rings. The Morgan fingerprint density at radius 2 is 1.83 bits per heavy atom. The number of rotatable bonds is 10. The minimum Gasteiger partial charge on any atom is -0.508 e. The fraction of sp³-hybridized carbons (Fsp3) is 0.346. The van der Waals surface area contributed by atoms with E-state index >= 15 is 0 Å². The van der Waals surface area contributed by atoms with Crippen LogP contribution in [-0.2, 0) is 27.2 Å². The summed E-state index contributed by atoms with van der Waals surface area (Å²) in [6.07, 6.45) is 5.93. The molecule has 5 rings (SSSR count). The second-order valence-corrected chi connectivity index (χ2v) is 13.6. The van der Waals surface area contributed by atoms with E-state index in [9.17, 15) is 29.1 Å². The molecule has 0 radical (unpaired) electrons. The van der Waals surface area contributed by atoms with Gasteiger partial charge in [0.1, 0.15) is 14.2 Å². The molecule has 1 fully saturated rings. The standard InChI is InChI=1S/C26H33N7O6P2/c27-18-6-10-20(11-7-18)30-25-31-23(29-19-8-4-17(5-9-19)26(35,40-36)41(37,38)39)22-24(32-25)33(15-28-22)13-12-16-2-1-3-21(34)14-16/h1-5,8-9,14-15,18,20,34-35H,6-7,10-13,27,40H2,(H2,37,38,39)(H2,29,30,31,32)/t18-,20-,26?. The van der Waals surface area contributed by atoms with E-state index in [1.54, 1.807) is 24.5 Å². The Morgan fingerprint density at radius 3 is 2.49 bits per heavy atom. The summed E-state index contributed by atoms with van der Waals surface area (Å²) in [6.45, 7) is 0.557. The number of hydrogen-bond acceptors (Lipinski definition) is 10. The molecule has 15 heteroatoms. The zero-order chi connectivity index (χ0) is 29.2. The van der Waals surface area contributed by atoms with Crippen LogP contribution in [0.1, 0.15) is 36.8 Å². The van der Waals surface area contributed by atoms with Crippen LogP contribution in [0.15, 0.2) is 54.9 Å². The van der Waals surface area contributed by atoms with E-state index in [4.69, 9.17) is 10.7 Å². The number of aryl methyl sites for hydroxylation is 2. The number of aromatic nitrogens is 4. The topological polar surface area (TPSA) is 209 Å². The first-order chi connectivity index (χ1) is 19.6. The number of phenols is 1. The minimum atomic E-state index is -5.08. The van der Waals surface area contributed by atoms with Gasteiger partial charge in [-0.2, -0.15) is 9.97 Å². The molecular weight excluding hydrogens is 568 g/mol. The molecule has 1 aliphatic carbocycles. The zero-order valence-electron chi connectivity index (χ0n) is 22.1. The van der Waals surface area contributed by atoms with Gasteiger partial charge in [0.15, 0.2) is 17.0 Å². The molecule has 8 N–H and O–H groups in total. The van der Waals surface area contributed by atoms with Gasteiger partial charge in [-0.05, 0) is 61.9 Å². The first-order valence-electron chi connectivity index (χ1n) is 13.2. The molecule has 0 aliphatic heterocycles. The van der Waals surface area contributed by atoms with Gasteiger partial charge in [0.05, 0.1) is 6.33 Å². The van der Waals surface area contributed by atoms with Gasteiger partial charge in [0.25, 0.3) is 0 Å². The van der Waals surface area contributed by atoms with Crippen molar-refractivity contribution in [3.8, 4) is 5.75 Å². The van der Waals surface area contributed by atoms with Crippen LogP contribution >= 0.6 is 16.1 Å². The predicted octanol–water partition coefficient (Wildman–Crippen LogP) is 3.24. The van der Waals surface area contributed by atoms with Crippen LogP contribution < -0.4 is 16.4 Å². The van der Waals surface area contributed by atoms with E-state index < -0.39 is 21.1 Å². The largest absolute Gasteiger partial charge is 0.508 e. The highest BCUT2D eigenvalue weighted by Gasteiger charge is 2.46. The number of fused-ring (bicyclic) bond motifs is 1. The number of aromatic hydroxyl groups is 1. The lowest BCUT2D eigenvalue weighted by Crippen LogP contribution is -2.33. The van der Waals surface area contributed by atoms with Crippen molar-refractivity contribution in [2.75, 3.05) is 10.6 Å². The molecule has 0 spiro atoms. The SMILES string of the molecule is N[C@H]1CC[C@H](Nc2nc(Nc3ccc(C(O)([PH2]=O)P(=O)(O)O)cc3)c3ncn(CCc4cccc(O)c4)c3n2)CC1. The van der Waals surface area contributed by atoms with Crippen molar-refractivity contribution in [1.82, 2.24) is 19.5 Å². The van der Waals surface area contributed by atoms with Gasteiger partial charge < -0.3 is 45.5 Å². The number of imidazole rings is 1. The van der Waals surface area contributed by atoms with Crippen LogP contribution in [-0.4, -0.2) is 51.6 Å². The zero-order valence-corrected chi connectivity index (χ0v) is 24.1. The maximum atomic E-state index is 11.8. The fourth-order valence-electron chi connectivity index (χ4n) is 4.91. The van der Waals surface area contributed by atoms with E-state index in [0.717, 1.165) is 31.2 Å². The Kier molecular flexibility index (Phi) is 8.47. The van der Waals surface area contributed by atoms with Crippen LogP contribution in [0.3, 0.4) is 0 Å². The molecule has 2 aromatic heterocycles. The van der Waals surface area contributed by atoms with Crippen LogP contribution in [0, 0.1) is 0 Å². The molecule has 0 amide bonds. The molecule has 2 unspecified atom stereocenters. The normalized spacial score (nSPS) is 19.4. The van der Waals surface area contributed by atoms with Gasteiger partial charge in [0, 0.05) is 29.9 Å². The van der Waals surface area contributed by atoms with Crippen LogP contribution in [0.4, 0.5) is 17.5 Å². The number of nitrogens with one attached hydrogen (secondary N) is 2. The lowest BCUT2D eigenvalue weighted by atomic mass is 9.92. The van der Waals surface area contributed by atoms with E-state index in [-0.39, 0.29) is 23.4 Å². The Morgan fingerprint density at radius 1 is 1.10 bits per heavy atom. The molecular formula is C26H33N7O6P2. The summed E-state index contributed by atoms with van der Waals surface area (Å²) in [6, 6.07) is 13.1. The number of phenolic OH excluding ortho intramolecular Hbond substituents is 1. The van der Waals surface area contributed by atoms with Crippen molar-refractivity contribution in [3.63, 3.8) is 0 Å². The highest BCUT2D eigenvalue weighted by Crippen LogP contribution is 2.61. The molecule has 2 atom stereocenters. The third kappa shape index (κ3) is 6.46. The Labute approximate surface area is 237 Å². The fourth-order valence-corrected chi connectivity index (χ4v) is 6.27. The number of nitrogens with zero attached hydrogens (tertiary/aromatic N) is 4. The number of benzene rings is 2. The summed E-state index contributed by atoms with van der Waals surface area (Å²) in [5.74, 6) is 1.03. The maximum absolute atomic E-state index is 11.8. The Balaban J connectivity index is 1.45. The number of nitrogens with two attached hydrogens (primary N) is 1. The molecule has 218 valence electrons. The van der Waals surface area contributed by atoms with E-state index in [0.29, 0.717) is 41.6 Å². The lowest BCUT2D eigenvalue weighted by molar-refractivity contribution is 0.168. The van der Waals surface area contributed by atoms with Gasteiger partial charge in [-0.15, -0.1) is 0 Å². The molecule has 1 aliphatic rings. The molecule has 2 aromatic carbocycles. The smallest absolute Gasteiger partial charge is 0.368 e. The van der Waals surface area contributed by atoms with Gasteiger partial charge in [0.2, 0.25) is 11.0 Å². The van der Waals surface area contributed by atoms with Crippen molar-refractivity contribution in [2.45, 2.75) is 55.8 Å². The molecule has 0 saturated heterocycles. The first kappa shape index (κ1) is 29.2. The van der Waals surface area contributed by atoms with Crippen LogP contribution in [0.2, 0.25) is 0 Å². The number of anilines is 3. The second kappa shape index (κ2) is 11.9. The molecule has 2 heterocycles. The number of hydrogen-bond donors (Lipinski definition) is 7. The van der Waals surface area contributed by atoms with E-state index in [1.807, 2.05) is 10.6 Å².